The lowest BCUT2D eigenvalue weighted by Gasteiger charge is -2.09. The molecule has 3 rings (SSSR count). The Labute approximate surface area is 124 Å². The van der Waals surface area contributed by atoms with Crippen LogP contribution in [0.4, 0.5) is 0 Å². The summed E-state index contributed by atoms with van der Waals surface area (Å²) in [7, 11) is 0. The summed E-state index contributed by atoms with van der Waals surface area (Å²) < 4.78 is 1.86. The summed E-state index contributed by atoms with van der Waals surface area (Å²) in [5.41, 5.74) is 4.02. The van der Waals surface area contributed by atoms with Crippen LogP contribution in [0.3, 0.4) is 0 Å². The normalized spacial score (nSPS) is 15.5. The van der Waals surface area contributed by atoms with E-state index in [0.29, 0.717) is 17.3 Å². The Hall–Kier alpha value is -2.10. The lowest BCUT2D eigenvalue weighted by atomic mass is 10.0. The Balaban J connectivity index is 2.09. The third-order valence-electron chi connectivity index (χ3n) is 4.16. The Bertz CT molecular complexity index is 662. The number of hydrogen-bond donors (Lipinski definition) is 1. The van der Waals surface area contributed by atoms with Crippen molar-refractivity contribution in [2.45, 2.75) is 45.6 Å². The highest BCUT2D eigenvalue weighted by Crippen LogP contribution is 2.32. The first kappa shape index (κ1) is 13.9. The Morgan fingerprint density at radius 1 is 1.19 bits per heavy atom. The molecule has 2 aromatic rings. The molecule has 0 spiro atoms. The van der Waals surface area contributed by atoms with E-state index in [9.17, 15) is 9.90 Å². The minimum Gasteiger partial charge on any atom is -0.478 e. The first-order valence-corrected chi connectivity index (χ1v) is 7.45. The highest BCUT2D eigenvalue weighted by atomic mass is 16.4. The number of hydrogen-bond acceptors (Lipinski definition) is 2. The van der Waals surface area contributed by atoms with Crippen LogP contribution < -0.4 is 0 Å². The molecule has 1 heterocycles. The average molecular weight is 284 g/mol. The molecule has 1 aliphatic rings. The summed E-state index contributed by atoms with van der Waals surface area (Å²) in [5, 5.41) is 14.1. The van der Waals surface area contributed by atoms with Gasteiger partial charge in [0.15, 0.2) is 0 Å². The minimum absolute atomic E-state index is 0.298. The summed E-state index contributed by atoms with van der Waals surface area (Å²) in [6, 6.07) is 6.43. The van der Waals surface area contributed by atoms with Gasteiger partial charge in [-0.15, -0.1) is 0 Å². The van der Waals surface area contributed by atoms with Crippen molar-refractivity contribution in [1.82, 2.24) is 9.78 Å². The van der Waals surface area contributed by atoms with Gasteiger partial charge < -0.3 is 5.11 Å². The molecule has 110 valence electrons. The van der Waals surface area contributed by atoms with E-state index >= 15 is 0 Å². The van der Waals surface area contributed by atoms with Gasteiger partial charge in [0.05, 0.1) is 6.04 Å². The van der Waals surface area contributed by atoms with Gasteiger partial charge in [-0.25, -0.2) is 4.79 Å². The number of benzene rings is 1. The van der Waals surface area contributed by atoms with E-state index in [4.69, 9.17) is 0 Å². The van der Waals surface area contributed by atoms with E-state index < -0.39 is 5.97 Å². The summed E-state index contributed by atoms with van der Waals surface area (Å²) in [6.07, 6.45) is 6.28. The van der Waals surface area contributed by atoms with E-state index in [0.717, 1.165) is 29.5 Å². The van der Waals surface area contributed by atoms with Crippen LogP contribution in [0.1, 0.15) is 53.2 Å². The smallest absolute Gasteiger partial charge is 0.339 e. The molecule has 0 radical (unpaired) electrons. The van der Waals surface area contributed by atoms with Crippen molar-refractivity contribution in [2.75, 3.05) is 0 Å². The lowest BCUT2D eigenvalue weighted by Crippen LogP contribution is -2.05. The maximum atomic E-state index is 11.5. The molecule has 1 saturated carbocycles. The second kappa shape index (κ2) is 5.35. The van der Waals surface area contributed by atoms with Crippen molar-refractivity contribution in [3.63, 3.8) is 0 Å². The molecule has 1 fully saturated rings. The number of aryl methyl sites for hydroxylation is 2. The van der Waals surface area contributed by atoms with E-state index in [-0.39, 0.29) is 0 Å². The topological polar surface area (TPSA) is 55.1 Å². The van der Waals surface area contributed by atoms with Gasteiger partial charge in [-0.3, -0.25) is 4.68 Å². The zero-order valence-electron chi connectivity index (χ0n) is 12.5. The fourth-order valence-corrected chi connectivity index (χ4v) is 3.23. The molecule has 0 saturated heterocycles. The fourth-order valence-electron chi connectivity index (χ4n) is 3.23. The Morgan fingerprint density at radius 3 is 2.38 bits per heavy atom. The van der Waals surface area contributed by atoms with Gasteiger partial charge in [-0.1, -0.05) is 30.0 Å². The van der Waals surface area contributed by atoms with Crippen LogP contribution in [0.25, 0.3) is 11.3 Å². The van der Waals surface area contributed by atoms with Crippen molar-refractivity contribution in [2.24, 2.45) is 0 Å². The predicted octanol–water partition coefficient (Wildman–Crippen LogP) is 3.98. The third kappa shape index (κ3) is 2.71. The zero-order chi connectivity index (χ0) is 15.0. The molecule has 0 unspecified atom stereocenters. The van der Waals surface area contributed by atoms with Gasteiger partial charge in [-0.05, 0) is 38.8 Å². The van der Waals surface area contributed by atoms with Crippen molar-refractivity contribution >= 4 is 5.97 Å². The predicted molar refractivity (Wildman–Crippen MR) is 81.6 cm³/mol. The molecule has 4 nitrogen and oxygen atoms in total. The van der Waals surface area contributed by atoms with Gasteiger partial charge in [-0.2, -0.15) is 5.10 Å². The van der Waals surface area contributed by atoms with Crippen LogP contribution in [-0.2, 0) is 0 Å². The quantitative estimate of drug-likeness (QED) is 0.927. The second-order valence-electron chi connectivity index (χ2n) is 5.99. The van der Waals surface area contributed by atoms with Crippen LogP contribution in [0, 0.1) is 13.8 Å². The highest BCUT2D eigenvalue weighted by molar-refractivity contribution is 5.94. The van der Waals surface area contributed by atoms with Crippen molar-refractivity contribution < 1.29 is 9.90 Å². The molecule has 4 heteroatoms. The van der Waals surface area contributed by atoms with Crippen molar-refractivity contribution in [3.8, 4) is 11.3 Å². The van der Waals surface area contributed by atoms with E-state index in [1.165, 1.54) is 12.8 Å². The molecule has 1 N–H and O–H groups in total. The summed E-state index contributed by atoms with van der Waals surface area (Å²) in [4.78, 5) is 11.5. The minimum atomic E-state index is -0.909. The number of aromatic nitrogens is 2. The Kier molecular flexibility index (Phi) is 3.53. The molecule has 1 aromatic carbocycles. The largest absolute Gasteiger partial charge is 0.478 e. The van der Waals surface area contributed by atoms with Gasteiger partial charge in [0, 0.05) is 11.8 Å². The summed E-state index contributed by atoms with van der Waals surface area (Å²) in [6.45, 7) is 4.04. The molecule has 1 aliphatic carbocycles. The first-order chi connectivity index (χ1) is 10.0. The number of carbonyl (C=O) groups is 1. The number of nitrogens with zero attached hydrogens (tertiary/aromatic N) is 2. The number of aromatic carboxylic acids is 1. The molecule has 0 amide bonds. The monoisotopic (exact) mass is 284 g/mol. The Morgan fingerprint density at radius 2 is 1.81 bits per heavy atom. The third-order valence-corrected chi connectivity index (χ3v) is 4.16. The van der Waals surface area contributed by atoms with Crippen molar-refractivity contribution in [1.29, 1.82) is 0 Å². The van der Waals surface area contributed by atoms with E-state index in [1.807, 2.05) is 30.7 Å². The molecule has 0 atom stereocenters. The van der Waals surface area contributed by atoms with Gasteiger partial charge in [0.2, 0.25) is 0 Å². The molecule has 1 aromatic heterocycles. The fraction of sp³-hybridized carbons (Fsp3) is 0.412. The van der Waals surface area contributed by atoms with Crippen LogP contribution in [-0.4, -0.2) is 20.9 Å². The molecular weight excluding hydrogens is 264 g/mol. The van der Waals surface area contributed by atoms with E-state index in [1.54, 1.807) is 6.20 Å². The van der Waals surface area contributed by atoms with Gasteiger partial charge in [0.25, 0.3) is 0 Å². The summed E-state index contributed by atoms with van der Waals surface area (Å²) in [5.74, 6) is -0.909. The van der Waals surface area contributed by atoms with Crippen LogP contribution >= 0.6 is 0 Å². The van der Waals surface area contributed by atoms with Crippen LogP contribution in [0.2, 0.25) is 0 Å². The average Bonchev–Trinajstić information content (AvgIpc) is 3.06. The van der Waals surface area contributed by atoms with Crippen LogP contribution in [0.5, 0.6) is 0 Å². The zero-order valence-corrected chi connectivity index (χ0v) is 12.5. The SMILES string of the molecule is Cc1cc(C)cc(-c2nn(C3CCCC3)cc2C(=O)O)c1. The number of rotatable bonds is 3. The molecule has 0 aliphatic heterocycles. The standard InChI is InChI=1S/C17H20N2O2/c1-11-7-12(2)9-13(8-11)16-15(17(20)21)10-19(18-16)14-5-3-4-6-14/h7-10,14H,3-6H2,1-2H3,(H,20,21). The molecular formula is C17H20N2O2. The maximum Gasteiger partial charge on any atom is 0.339 e. The van der Waals surface area contributed by atoms with Crippen LogP contribution in [0.15, 0.2) is 24.4 Å². The highest BCUT2D eigenvalue weighted by Gasteiger charge is 2.23. The van der Waals surface area contributed by atoms with Gasteiger partial charge in [0.1, 0.15) is 11.3 Å². The second-order valence-corrected chi connectivity index (χ2v) is 5.99. The molecule has 0 bridgehead atoms. The maximum absolute atomic E-state index is 11.5. The van der Waals surface area contributed by atoms with E-state index in [2.05, 4.69) is 11.2 Å². The molecule has 21 heavy (non-hydrogen) atoms. The number of carboxylic acid groups (broad SMARTS) is 1. The number of carboxylic acids is 1. The lowest BCUT2D eigenvalue weighted by molar-refractivity contribution is 0.0697. The first-order valence-electron chi connectivity index (χ1n) is 7.45. The van der Waals surface area contributed by atoms with Gasteiger partial charge >= 0.3 is 5.97 Å². The summed E-state index contributed by atoms with van der Waals surface area (Å²) >= 11 is 0. The van der Waals surface area contributed by atoms with Crippen molar-refractivity contribution in [3.05, 3.63) is 41.1 Å².